The van der Waals surface area contributed by atoms with Gasteiger partial charge in [0.1, 0.15) is 5.76 Å². The molecule has 10 heavy (non-hydrogen) atoms. The lowest BCUT2D eigenvalue weighted by Gasteiger charge is -2.05. The lowest BCUT2D eigenvalue weighted by Crippen LogP contribution is -2.03. The third-order valence-electron chi connectivity index (χ3n) is 1.39. The minimum atomic E-state index is 0.0401. The van der Waals surface area contributed by atoms with Gasteiger partial charge >= 0.3 is 0 Å². The van der Waals surface area contributed by atoms with E-state index >= 15 is 0 Å². The van der Waals surface area contributed by atoms with Crippen LogP contribution in [0.4, 0.5) is 0 Å². The number of aliphatic hydroxyl groups is 1. The fourth-order valence-electron chi connectivity index (χ4n) is 0.761. The van der Waals surface area contributed by atoms with Crippen molar-refractivity contribution in [3.05, 3.63) is 24.2 Å². The van der Waals surface area contributed by atoms with E-state index in [4.69, 9.17) is 9.52 Å². The van der Waals surface area contributed by atoms with Crippen molar-refractivity contribution in [1.82, 2.24) is 0 Å². The molecule has 0 aliphatic rings. The lowest BCUT2D eigenvalue weighted by molar-refractivity contribution is 0.259. The van der Waals surface area contributed by atoms with Crippen LogP contribution < -0.4 is 0 Å². The highest BCUT2D eigenvalue weighted by Gasteiger charge is 2.09. The third-order valence-corrected chi connectivity index (χ3v) is 1.83. The van der Waals surface area contributed by atoms with E-state index in [1.54, 1.807) is 12.3 Å². The number of thiol groups is 1. The van der Waals surface area contributed by atoms with E-state index in [1.807, 2.05) is 6.07 Å². The quantitative estimate of drug-likeness (QED) is 0.650. The third kappa shape index (κ3) is 1.55. The van der Waals surface area contributed by atoms with Crippen LogP contribution in [0.3, 0.4) is 0 Å². The molecule has 0 spiro atoms. The first-order valence-corrected chi connectivity index (χ1v) is 3.77. The second-order valence-corrected chi connectivity index (χ2v) is 2.44. The van der Waals surface area contributed by atoms with Crippen LogP contribution in [0.5, 0.6) is 0 Å². The summed E-state index contributed by atoms with van der Waals surface area (Å²) in [5.74, 6) is 1.46. The molecule has 3 heteroatoms. The maximum Gasteiger partial charge on any atom is 0.109 e. The zero-order valence-corrected chi connectivity index (χ0v) is 6.42. The van der Waals surface area contributed by atoms with Crippen LogP contribution in [-0.2, 0) is 0 Å². The van der Waals surface area contributed by atoms with Gasteiger partial charge in [0.15, 0.2) is 0 Å². The summed E-state index contributed by atoms with van der Waals surface area (Å²) in [6.07, 6.45) is 1.60. The van der Waals surface area contributed by atoms with Gasteiger partial charge < -0.3 is 9.52 Å². The molecule has 0 bridgehead atoms. The van der Waals surface area contributed by atoms with Crippen LogP contribution in [0.1, 0.15) is 11.7 Å². The Morgan fingerprint density at radius 1 is 1.70 bits per heavy atom. The molecule has 0 saturated heterocycles. The number of hydrogen-bond donors (Lipinski definition) is 2. The molecule has 0 aliphatic carbocycles. The van der Waals surface area contributed by atoms with Gasteiger partial charge in [-0.2, -0.15) is 12.6 Å². The molecule has 1 unspecified atom stereocenters. The van der Waals surface area contributed by atoms with Crippen molar-refractivity contribution >= 4 is 12.6 Å². The molecule has 0 radical (unpaired) electrons. The molecular formula is C7H10O2S. The molecule has 0 amide bonds. The van der Waals surface area contributed by atoms with Gasteiger partial charge in [-0.3, -0.25) is 0 Å². The Labute approximate surface area is 65.3 Å². The number of rotatable bonds is 3. The summed E-state index contributed by atoms with van der Waals surface area (Å²) in [7, 11) is 0. The Kier molecular flexibility index (Phi) is 2.83. The van der Waals surface area contributed by atoms with Crippen molar-refractivity contribution in [1.29, 1.82) is 0 Å². The zero-order valence-electron chi connectivity index (χ0n) is 5.53. The fourth-order valence-corrected chi connectivity index (χ4v) is 1.06. The smallest absolute Gasteiger partial charge is 0.109 e. The van der Waals surface area contributed by atoms with Crippen molar-refractivity contribution in [2.24, 2.45) is 0 Å². The van der Waals surface area contributed by atoms with Gasteiger partial charge in [0.2, 0.25) is 0 Å². The van der Waals surface area contributed by atoms with Gasteiger partial charge in [-0.1, -0.05) is 0 Å². The summed E-state index contributed by atoms with van der Waals surface area (Å²) < 4.78 is 5.07. The summed E-state index contributed by atoms with van der Waals surface area (Å²) in [5.41, 5.74) is 0. The molecule has 1 aromatic heterocycles. The second-order valence-electron chi connectivity index (χ2n) is 2.08. The van der Waals surface area contributed by atoms with Crippen LogP contribution in [0.25, 0.3) is 0 Å². The first-order chi connectivity index (χ1) is 4.88. The standard InChI is InChI=1S/C7H10O2S/c8-4-6(5-10)7-2-1-3-9-7/h1-3,6,8,10H,4-5H2. The van der Waals surface area contributed by atoms with Crippen LogP contribution in [-0.4, -0.2) is 17.5 Å². The van der Waals surface area contributed by atoms with Crippen LogP contribution >= 0.6 is 12.6 Å². The molecule has 0 fully saturated rings. The van der Waals surface area contributed by atoms with Gasteiger partial charge in [0, 0.05) is 11.7 Å². The van der Waals surface area contributed by atoms with Crippen molar-refractivity contribution in [2.45, 2.75) is 5.92 Å². The van der Waals surface area contributed by atoms with E-state index in [9.17, 15) is 0 Å². The highest BCUT2D eigenvalue weighted by Crippen LogP contribution is 2.16. The molecule has 0 saturated carbocycles. The molecule has 1 heterocycles. The predicted octanol–water partition coefficient (Wildman–Crippen LogP) is 1.29. The van der Waals surface area contributed by atoms with E-state index in [-0.39, 0.29) is 12.5 Å². The van der Waals surface area contributed by atoms with Crippen molar-refractivity contribution in [3.63, 3.8) is 0 Å². The van der Waals surface area contributed by atoms with E-state index in [0.29, 0.717) is 5.75 Å². The fraction of sp³-hybridized carbons (Fsp3) is 0.429. The molecule has 0 aliphatic heterocycles. The molecule has 1 N–H and O–H groups in total. The molecule has 1 rings (SSSR count). The lowest BCUT2D eigenvalue weighted by atomic mass is 10.1. The van der Waals surface area contributed by atoms with E-state index in [0.717, 1.165) is 5.76 Å². The van der Waals surface area contributed by atoms with Crippen molar-refractivity contribution < 1.29 is 9.52 Å². The number of aliphatic hydroxyl groups excluding tert-OH is 1. The average Bonchev–Trinajstić information content (AvgIpc) is 2.43. The monoisotopic (exact) mass is 158 g/mol. The highest BCUT2D eigenvalue weighted by molar-refractivity contribution is 7.80. The van der Waals surface area contributed by atoms with E-state index in [2.05, 4.69) is 12.6 Å². The Hall–Kier alpha value is -0.410. The van der Waals surface area contributed by atoms with Crippen LogP contribution in [0.2, 0.25) is 0 Å². The maximum absolute atomic E-state index is 8.79. The molecule has 56 valence electrons. The average molecular weight is 158 g/mol. The van der Waals surface area contributed by atoms with Gasteiger partial charge in [-0.15, -0.1) is 0 Å². The summed E-state index contributed by atoms with van der Waals surface area (Å²) in [5, 5.41) is 8.79. The Morgan fingerprint density at radius 2 is 2.50 bits per heavy atom. The Bertz CT molecular complexity index is 168. The van der Waals surface area contributed by atoms with Gasteiger partial charge in [-0.05, 0) is 12.1 Å². The second kappa shape index (κ2) is 3.68. The van der Waals surface area contributed by atoms with E-state index in [1.165, 1.54) is 0 Å². The maximum atomic E-state index is 8.79. The molecular weight excluding hydrogens is 148 g/mol. The summed E-state index contributed by atoms with van der Waals surface area (Å²) in [6.45, 7) is 0.0943. The summed E-state index contributed by atoms with van der Waals surface area (Å²) in [4.78, 5) is 0. The number of hydrogen-bond acceptors (Lipinski definition) is 3. The van der Waals surface area contributed by atoms with Crippen LogP contribution in [0.15, 0.2) is 22.8 Å². The topological polar surface area (TPSA) is 33.4 Å². The highest BCUT2D eigenvalue weighted by atomic mass is 32.1. The largest absolute Gasteiger partial charge is 0.469 e. The Balaban J connectivity index is 2.64. The SMILES string of the molecule is OCC(CS)c1ccco1. The summed E-state index contributed by atoms with van der Waals surface area (Å²) >= 11 is 4.06. The first-order valence-electron chi connectivity index (χ1n) is 3.13. The number of furan rings is 1. The molecule has 1 aromatic rings. The molecule has 0 aromatic carbocycles. The van der Waals surface area contributed by atoms with Gasteiger partial charge in [0.05, 0.1) is 12.9 Å². The van der Waals surface area contributed by atoms with Gasteiger partial charge in [-0.25, -0.2) is 0 Å². The molecule has 2 nitrogen and oxygen atoms in total. The van der Waals surface area contributed by atoms with Crippen molar-refractivity contribution in [3.8, 4) is 0 Å². The van der Waals surface area contributed by atoms with Crippen molar-refractivity contribution in [2.75, 3.05) is 12.4 Å². The Morgan fingerprint density at radius 3 is 2.90 bits per heavy atom. The van der Waals surface area contributed by atoms with Gasteiger partial charge in [0.25, 0.3) is 0 Å². The normalized spacial score (nSPS) is 13.4. The minimum absolute atomic E-state index is 0.0401. The minimum Gasteiger partial charge on any atom is -0.469 e. The molecule has 1 atom stereocenters. The van der Waals surface area contributed by atoms with Crippen LogP contribution in [0, 0.1) is 0 Å². The summed E-state index contributed by atoms with van der Waals surface area (Å²) in [6, 6.07) is 3.65. The van der Waals surface area contributed by atoms with E-state index < -0.39 is 0 Å². The first kappa shape index (κ1) is 7.69. The zero-order chi connectivity index (χ0) is 7.40. The predicted molar refractivity (Wildman–Crippen MR) is 42.4 cm³/mol.